The van der Waals surface area contributed by atoms with Crippen molar-refractivity contribution in [3.05, 3.63) is 212 Å². The number of hydrogen-bond acceptors (Lipinski definition) is 6. The largest absolute Gasteiger partial charge is 0.308 e. The van der Waals surface area contributed by atoms with E-state index in [0.29, 0.717) is 34.9 Å². The molecule has 11 aromatic rings. The number of rotatable bonds is 8. The smallest absolute Gasteiger partial charge is 0.166 e. The van der Waals surface area contributed by atoms with Crippen LogP contribution in [-0.2, 0) is 0 Å². The van der Waals surface area contributed by atoms with Crippen LogP contribution < -0.4 is 0 Å². The van der Waals surface area contributed by atoms with Crippen LogP contribution in [0, 0.1) is 6.92 Å². The van der Waals surface area contributed by atoms with Crippen LogP contribution in [0.5, 0.6) is 0 Å². The van der Waals surface area contributed by atoms with Gasteiger partial charge >= 0.3 is 0 Å². The first-order valence-electron chi connectivity index (χ1n) is 20.6. The highest BCUT2D eigenvalue weighted by Gasteiger charge is 2.25. The zero-order chi connectivity index (χ0) is 41.4. The lowest BCUT2D eigenvalue weighted by Crippen LogP contribution is -2.07. The molecular formula is C55H37N7. The minimum atomic E-state index is 0.525. The van der Waals surface area contributed by atoms with E-state index < -0.39 is 0 Å². The fourth-order valence-corrected chi connectivity index (χ4v) is 8.22. The van der Waals surface area contributed by atoms with Crippen LogP contribution in [0.3, 0.4) is 0 Å². The molecule has 8 aromatic carbocycles. The van der Waals surface area contributed by atoms with Gasteiger partial charge in [-0.25, -0.2) is 29.9 Å². The Bertz CT molecular complexity index is 3140. The molecule has 62 heavy (non-hydrogen) atoms. The number of nitrogens with zero attached hydrogens (tertiary/aromatic N) is 7. The van der Waals surface area contributed by atoms with E-state index in [1.54, 1.807) is 0 Å². The second-order valence-corrected chi connectivity index (χ2v) is 15.2. The van der Waals surface area contributed by atoms with Crippen LogP contribution in [0.25, 0.3) is 107 Å². The molecule has 0 spiro atoms. The Morgan fingerprint density at radius 3 is 1.16 bits per heavy atom. The molecule has 3 heterocycles. The Hall–Kier alpha value is -8.42. The summed E-state index contributed by atoms with van der Waals surface area (Å²) in [5.74, 6) is 3.36. The third-order valence-electron chi connectivity index (χ3n) is 11.2. The minimum Gasteiger partial charge on any atom is -0.308 e. The van der Waals surface area contributed by atoms with Gasteiger partial charge in [0.1, 0.15) is 0 Å². The fraction of sp³-hybridized carbons (Fsp3) is 0.0182. The molecule has 0 fully saturated rings. The maximum absolute atomic E-state index is 5.27. The van der Waals surface area contributed by atoms with Gasteiger partial charge in [-0.1, -0.05) is 181 Å². The van der Waals surface area contributed by atoms with Gasteiger partial charge in [0.2, 0.25) is 0 Å². The average Bonchev–Trinajstić information content (AvgIpc) is 3.68. The molecule has 0 unspecified atom stereocenters. The first kappa shape index (κ1) is 36.6. The zero-order valence-corrected chi connectivity index (χ0v) is 33.8. The van der Waals surface area contributed by atoms with Crippen molar-refractivity contribution in [2.75, 3.05) is 0 Å². The Balaban J connectivity index is 1.25. The summed E-state index contributed by atoms with van der Waals surface area (Å²) in [7, 11) is 0. The van der Waals surface area contributed by atoms with Crippen LogP contribution in [0.1, 0.15) is 5.56 Å². The summed E-state index contributed by atoms with van der Waals surface area (Å²) >= 11 is 0. The molecular weight excluding hydrogens is 759 g/mol. The van der Waals surface area contributed by atoms with E-state index in [4.69, 9.17) is 29.9 Å². The van der Waals surface area contributed by atoms with Crippen molar-refractivity contribution in [3.63, 3.8) is 0 Å². The number of aromatic nitrogens is 7. The maximum atomic E-state index is 5.27. The molecule has 0 N–H and O–H groups in total. The van der Waals surface area contributed by atoms with Gasteiger partial charge in [0.05, 0.1) is 16.7 Å². The topological polar surface area (TPSA) is 82.3 Å². The average molecular weight is 796 g/mol. The molecule has 0 atom stereocenters. The molecule has 7 heteroatoms. The van der Waals surface area contributed by atoms with Crippen LogP contribution in [0.4, 0.5) is 0 Å². The summed E-state index contributed by atoms with van der Waals surface area (Å²) < 4.78 is 2.33. The molecule has 0 amide bonds. The van der Waals surface area contributed by atoms with Crippen LogP contribution >= 0.6 is 0 Å². The van der Waals surface area contributed by atoms with Crippen molar-refractivity contribution in [1.82, 2.24) is 34.5 Å². The SMILES string of the molecule is Cc1cccc(-c2ccc3c(c2)c2ccccc2n3-c2c(-c3nc(-c4ccccc4)nc(-c4ccccc4)n3)cccc2-c2nc(-c3ccccc3)nc(-c3ccccc3)n2)c1. The van der Waals surface area contributed by atoms with Gasteiger partial charge in [0.25, 0.3) is 0 Å². The summed E-state index contributed by atoms with van der Waals surface area (Å²) in [6.07, 6.45) is 0. The number of hydrogen-bond donors (Lipinski definition) is 0. The van der Waals surface area contributed by atoms with Gasteiger partial charge in [-0.05, 0) is 48.4 Å². The summed E-state index contributed by atoms with van der Waals surface area (Å²) in [5.41, 5.74) is 11.6. The first-order chi connectivity index (χ1) is 30.6. The van der Waals surface area contributed by atoms with Crippen molar-refractivity contribution >= 4 is 21.8 Å². The highest BCUT2D eigenvalue weighted by Crippen LogP contribution is 2.42. The van der Waals surface area contributed by atoms with Crippen molar-refractivity contribution in [2.45, 2.75) is 6.92 Å². The Morgan fingerprint density at radius 1 is 0.290 bits per heavy atom. The maximum Gasteiger partial charge on any atom is 0.166 e. The van der Waals surface area contributed by atoms with Crippen LogP contribution in [0.15, 0.2) is 206 Å². The number of aryl methyl sites for hydroxylation is 1. The zero-order valence-electron chi connectivity index (χ0n) is 33.8. The van der Waals surface area contributed by atoms with Gasteiger partial charge in [-0.15, -0.1) is 0 Å². The lowest BCUT2D eigenvalue weighted by molar-refractivity contribution is 1.05. The number of fused-ring (bicyclic) bond motifs is 3. The Morgan fingerprint density at radius 2 is 0.677 bits per heavy atom. The van der Waals surface area contributed by atoms with E-state index in [1.165, 1.54) is 11.1 Å². The molecule has 0 saturated heterocycles. The molecule has 0 aliphatic heterocycles. The third kappa shape index (κ3) is 6.77. The molecule has 0 saturated carbocycles. The second kappa shape index (κ2) is 15.6. The van der Waals surface area contributed by atoms with Crippen LogP contribution in [0.2, 0.25) is 0 Å². The quantitative estimate of drug-likeness (QED) is 0.152. The predicted molar refractivity (Wildman–Crippen MR) is 250 cm³/mol. The molecule has 3 aromatic heterocycles. The van der Waals surface area contributed by atoms with Gasteiger partial charge < -0.3 is 4.57 Å². The molecule has 292 valence electrons. The lowest BCUT2D eigenvalue weighted by Gasteiger charge is -2.19. The standard InChI is InChI=1S/C55H37N7/c1-36-18-16-27-41(34-36)42-32-33-48-46(35-42)43-28-14-15-31-47(43)62(48)49-44(54-58-50(37-19-6-2-7-20-37)56-51(59-54)38-21-8-3-9-22-38)29-17-30-45(49)55-60-52(39-23-10-4-11-24-39)57-53(61-55)40-25-12-5-13-26-40/h2-35H,1H3. The van der Waals surface area contributed by atoms with E-state index >= 15 is 0 Å². The summed E-state index contributed by atoms with van der Waals surface area (Å²) in [4.78, 5) is 31.2. The predicted octanol–water partition coefficient (Wildman–Crippen LogP) is 13.1. The van der Waals surface area contributed by atoms with Crippen molar-refractivity contribution in [1.29, 1.82) is 0 Å². The molecule has 7 nitrogen and oxygen atoms in total. The fourth-order valence-electron chi connectivity index (χ4n) is 8.22. The van der Waals surface area contributed by atoms with E-state index in [9.17, 15) is 0 Å². The highest BCUT2D eigenvalue weighted by atomic mass is 15.1. The van der Waals surface area contributed by atoms with Crippen molar-refractivity contribution < 1.29 is 0 Å². The van der Waals surface area contributed by atoms with Gasteiger partial charge in [-0.3, -0.25) is 0 Å². The monoisotopic (exact) mass is 795 g/mol. The third-order valence-corrected chi connectivity index (χ3v) is 11.2. The van der Waals surface area contributed by atoms with E-state index in [1.807, 2.05) is 127 Å². The molecule has 0 aliphatic rings. The summed E-state index contributed by atoms with van der Waals surface area (Å²) in [5, 5.41) is 2.24. The summed E-state index contributed by atoms with van der Waals surface area (Å²) in [6.45, 7) is 2.13. The highest BCUT2D eigenvalue weighted by molar-refractivity contribution is 6.11. The minimum absolute atomic E-state index is 0.525. The molecule has 0 radical (unpaired) electrons. The summed E-state index contributed by atoms with van der Waals surface area (Å²) in [6, 6.07) is 70.5. The lowest BCUT2D eigenvalue weighted by atomic mass is 10.0. The van der Waals surface area contributed by atoms with E-state index in [0.717, 1.165) is 66.4 Å². The first-order valence-corrected chi connectivity index (χ1v) is 20.6. The van der Waals surface area contributed by atoms with E-state index in [-0.39, 0.29) is 0 Å². The van der Waals surface area contributed by atoms with Gasteiger partial charge in [0, 0.05) is 44.2 Å². The molecule has 0 aliphatic carbocycles. The van der Waals surface area contributed by atoms with Crippen LogP contribution in [-0.4, -0.2) is 34.5 Å². The van der Waals surface area contributed by atoms with Gasteiger partial charge in [-0.2, -0.15) is 0 Å². The number of benzene rings is 8. The van der Waals surface area contributed by atoms with Crippen molar-refractivity contribution in [3.8, 4) is 85.1 Å². The van der Waals surface area contributed by atoms with Crippen molar-refractivity contribution in [2.24, 2.45) is 0 Å². The molecule has 11 rings (SSSR count). The number of para-hydroxylation sites is 2. The second-order valence-electron chi connectivity index (χ2n) is 15.2. The molecule has 0 bridgehead atoms. The normalized spacial score (nSPS) is 11.3. The van der Waals surface area contributed by atoms with E-state index in [2.05, 4.69) is 90.4 Å². The van der Waals surface area contributed by atoms with Gasteiger partial charge in [0.15, 0.2) is 34.9 Å². The Kier molecular flexibility index (Phi) is 9.24. The Labute approximate surface area is 358 Å².